The summed E-state index contributed by atoms with van der Waals surface area (Å²) in [5.74, 6) is 1.63. The van der Waals surface area contributed by atoms with Gasteiger partial charge in [-0.1, -0.05) is 48.5 Å². The van der Waals surface area contributed by atoms with Crippen molar-refractivity contribution in [3.8, 4) is 0 Å². The predicted molar refractivity (Wildman–Crippen MR) is 90.1 cm³/mol. The topological polar surface area (TPSA) is 9.23 Å². The molecule has 116 valence electrons. The zero-order chi connectivity index (χ0) is 15.3. The van der Waals surface area contributed by atoms with Gasteiger partial charge in [0.05, 0.1) is 12.2 Å². The Bertz CT molecular complexity index is 258. The van der Waals surface area contributed by atoms with Crippen LogP contribution in [0.2, 0.25) is 0 Å². The van der Waals surface area contributed by atoms with E-state index in [9.17, 15) is 0 Å². The highest BCUT2D eigenvalue weighted by molar-refractivity contribution is 7.80. The van der Waals surface area contributed by atoms with Crippen molar-refractivity contribution in [2.75, 3.05) is 12.4 Å². The number of hydrogen-bond donors (Lipinski definition) is 1. The third-order valence-electron chi connectivity index (χ3n) is 3.80. The van der Waals surface area contributed by atoms with E-state index in [0.29, 0.717) is 0 Å². The first-order valence-electron chi connectivity index (χ1n) is 7.70. The summed E-state index contributed by atoms with van der Waals surface area (Å²) in [5, 5.41) is 0. The second kappa shape index (κ2) is 7.36. The molecule has 0 saturated heterocycles. The Labute approximate surface area is 127 Å². The predicted octanol–water partition coefficient (Wildman–Crippen LogP) is 5.59. The SMILES string of the molecule is CCC(C)(CC(C)(C)CS)OCC(C)(C)CC(C)C. The Hall–Kier alpha value is 0.310. The zero-order valence-electron chi connectivity index (χ0n) is 14.5. The molecule has 1 nitrogen and oxygen atoms in total. The normalized spacial score (nSPS) is 16.7. The smallest absolute Gasteiger partial charge is 0.0657 e. The van der Waals surface area contributed by atoms with Crippen LogP contribution in [0.15, 0.2) is 0 Å². The highest BCUT2D eigenvalue weighted by Gasteiger charge is 2.33. The fraction of sp³-hybridized carbons (Fsp3) is 1.00. The molecule has 1 unspecified atom stereocenters. The first kappa shape index (κ1) is 19.3. The molecule has 0 saturated carbocycles. The number of thiol groups is 1. The third kappa shape index (κ3) is 8.24. The second-order valence-electron chi connectivity index (χ2n) is 8.35. The minimum atomic E-state index is -0.0273. The van der Waals surface area contributed by atoms with Crippen LogP contribution in [-0.2, 0) is 4.74 Å². The maximum atomic E-state index is 6.35. The van der Waals surface area contributed by atoms with Crippen LogP contribution in [0, 0.1) is 16.7 Å². The molecular formula is C17H36OS. The van der Waals surface area contributed by atoms with Crippen LogP contribution in [0.1, 0.15) is 74.7 Å². The van der Waals surface area contributed by atoms with Crippen LogP contribution >= 0.6 is 12.6 Å². The van der Waals surface area contributed by atoms with Gasteiger partial charge in [-0.05, 0) is 48.7 Å². The quantitative estimate of drug-likeness (QED) is 0.544. The second-order valence-corrected chi connectivity index (χ2v) is 8.67. The van der Waals surface area contributed by atoms with Crippen molar-refractivity contribution < 1.29 is 4.74 Å². The number of ether oxygens (including phenoxy) is 1. The van der Waals surface area contributed by atoms with Gasteiger partial charge in [0.15, 0.2) is 0 Å². The van der Waals surface area contributed by atoms with E-state index in [2.05, 4.69) is 68.0 Å². The standard InChI is InChI=1S/C17H36OS/c1-9-17(8,11-16(6,7)13-19)18-12-15(4,5)10-14(2)3/h14,19H,9-13H2,1-8H3. The van der Waals surface area contributed by atoms with E-state index in [1.54, 1.807) is 0 Å². The van der Waals surface area contributed by atoms with Crippen molar-refractivity contribution in [1.82, 2.24) is 0 Å². The van der Waals surface area contributed by atoms with Gasteiger partial charge < -0.3 is 4.74 Å². The maximum absolute atomic E-state index is 6.35. The van der Waals surface area contributed by atoms with Crippen LogP contribution in [0.5, 0.6) is 0 Å². The molecule has 0 spiro atoms. The molecule has 1 atom stereocenters. The highest BCUT2D eigenvalue weighted by atomic mass is 32.1. The molecule has 0 N–H and O–H groups in total. The fourth-order valence-electron chi connectivity index (χ4n) is 2.88. The summed E-state index contributed by atoms with van der Waals surface area (Å²) in [6.45, 7) is 19.1. The molecule has 0 aromatic rings. The van der Waals surface area contributed by atoms with Gasteiger partial charge in [-0.15, -0.1) is 0 Å². The monoisotopic (exact) mass is 288 g/mol. The van der Waals surface area contributed by atoms with Crippen molar-refractivity contribution >= 4 is 12.6 Å². The number of rotatable bonds is 9. The van der Waals surface area contributed by atoms with Crippen molar-refractivity contribution in [2.24, 2.45) is 16.7 Å². The van der Waals surface area contributed by atoms with Gasteiger partial charge in [-0.25, -0.2) is 0 Å². The number of hydrogen-bond acceptors (Lipinski definition) is 2. The summed E-state index contributed by atoms with van der Waals surface area (Å²) in [6, 6.07) is 0. The molecule has 0 fully saturated rings. The molecule has 0 amide bonds. The Morgan fingerprint density at radius 3 is 1.89 bits per heavy atom. The lowest BCUT2D eigenvalue weighted by Gasteiger charge is -2.39. The Kier molecular flexibility index (Phi) is 7.48. The Balaban J connectivity index is 4.55. The molecule has 0 bridgehead atoms. The van der Waals surface area contributed by atoms with E-state index < -0.39 is 0 Å². The van der Waals surface area contributed by atoms with E-state index in [1.165, 1.54) is 6.42 Å². The first-order valence-corrected chi connectivity index (χ1v) is 8.33. The van der Waals surface area contributed by atoms with E-state index in [1.807, 2.05) is 0 Å². The molecule has 0 aliphatic heterocycles. The molecule has 0 aromatic carbocycles. The highest BCUT2D eigenvalue weighted by Crippen LogP contribution is 2.35. The molecule has 0 aliphatic rings. The Morgan fingerprint density at radius 2 is 1.53 bits per heavy atom. The van der Waals surface area contributed by atoms with Gasteiger partial charge in [0.2, 0.25) is 0 Å². The maximum Gasteiger partial charge on any atom is 0.0657 e. The first-order chi connectivity index (χ1) is 8.45. The van der Waals surface area contributed by atoms with E-state index >= 15 is 0 Å². The van der Waals surface area contributed by atoms with E-state index in [4.69, 9.17) is 4.74 Å². The lowest BCUT2D eigenvalue weighted by atomic mass is 9.80. The fourth-order valence-corrected chi connectivity index (χ4v) is 2.99. The van der Waals surface area contributed by atoms with Gasteiger partial charge in [-0.2, -0.15) is 12.6 Å². The lowest BCUT2D eigenvalue weighted by Crippen LogP contribution is -2.38. The van der Waals surface area contributed by atoms with Crippen molar-refractivity contribution in [3.63, 3.8) is 0 Å². The van der Waals surface area contributed by atoms with Gasteiger partial charge in [0.25, 0.3) is 0 Å². The Morgan fingerprint density at radius 1 is 1.00 bits per heavy atom. The molecule has 0 heterocycles. The van der Waals surface area contributed by atoms with Crippen molar-refractivity contribution in [3.05, 3.63) is 0 Å². The summed E-state index contributed by atoms with van der Waals surface area (Å²) in [7, 11) is 0. The average molecular weight is 289 g/mol. The zero-order valence-corrected chi connectivity index (χ0v) is 15.4. The van der Waals surface area contributed by atoms with E-state index in [-0.39, 0.29) is 16.4 Å². The van der Waals surface area contributed by atoms with Crippen LogP contribution < -0.4 is 0 Å². The molecule has 2 heteroatoms. The summed E-state index contributed by atoms with van der Waals surface area (Å²) in [6.07, 6.45) is 3.34. The van der Waals surface area contributed by atoms with Crippen molar-refractivity contribution in [2.45, 2.75) is 80.3 Å². The largest absolute Gasteiger partial charge is 0.375 e. The summed E-state index contributed by atoms with van der Waals surface area (Å²) >= 11 is 4.47. The summed E-state index contributed by atoms with van der Waals surface area (Å²) in [5.41, 5.74) is 0.465. The average Bonchev–Trinajstić information content (AvgIpc) is 2.25. The van der Waals surface area contributed by atoms with Crippen molar-refractivity contribution in [1.29, 1.82) is 0 Å². The minimum absolute atomic E-state index is 0.0273. The van der Waals surface area contributed by atoms with Crippen LogP contribution in [0.4, 0.5) is 0 Å². The van der Waals surface area contributed by atoms with Crippen LogP contribution in [-0.4, -0.2) is 18.0 Å². The summed E-state index contributed by atoms with van der Waals surface area (Å²) in [4.78, 5) is 0. The molecule has 0 aliphatic carbocycles. The summed E-state index contributed by atoms with van der Waals surface area (Å²) < 4.78 is 6.35. The van der Waals surface area contributed by atoms with Crippen LogP contribution in [0.3, 0.4) is 0 Å². The van der Waals surface area contributed by atoms with E-state index in [0.717, 1.165) is 31.1 Å². The minimum Gasteiger partial charge on any atom is -0.375 e. The van der Waals surface area contributed by atoms with Gasteiger partial charge in [0.1, 0.15) is 0 Å². The molecule has 0 radical (unpaired) electrons. The van der Waals surface area contributed by atoms with Gasteiger partial charge in [-0.3, -0.25) is 0 Å². The van der Waals surface area contributed by atoms with Gasteiger partial charge >= 0.3 is 0 Å². The van der Waals surface area contributed by atoms with Gasteiger partial charge in [0, 0.05) is 0 Å². The molecular weight excluding hydrogens is 252 g/mol. The third-order valence-corrected chi connectivity index (χ3v) is 4.66. The molecule has 0 rings (SSSR count). The lowest BCUT2D eigenvalue weighted by molar-refractivity contribution is -0.0906. The molecule has 0 aromatic heterocycles. The van der Waals surface area contributed by atoms with Crippen LogP contribution in [0.25, 0.3) is 0 Å². The molecule has 19 heavy (non-hydrogen) atoms.